The second kappa shape index (κ2) is 7.19. The van der Waals surface area contributed by atoms with E-state index in [0.29, 0.717) is 23.5 Å². The number of ether oxygens (including phenoxy) is 1. The van der Waals surface area contributed by atoms with Crippen LogP contribution < -0.4 is 15.0 Å². The Balaban J connectivity index is 1.59. The Bertz CT molecular complexity index is 1070. The van der Waals surface area contributed by atoms with Gasteiger partial charge < -0.3 is 15.0 Å². The molecule has 1 aliphatic rings. The van der Waals surface area contributed by atoms with Gasteiger partial charge in [-0.1, -0.05) is 35.9 Å². The number of hydrogen-bond donors (Lipinski definition) is 1. The third-order valence-electron chi connectivity index (χ3n) is 4.85. The highest BCUT2D eigenvalue weighted by Crippen LogP contribution is 2.34. The molecule has 140 valence electrons. The second-order valence-electron chi connectivity index (χ2n) is 6.76. The summed E-state index contributed by atoms with van der Waals surface area (Å²) in [5.41, 5.74) is 4.61. The number of aryl methyl sites for hydroxylation is 1. The number of methoxy groups -OCH3 is 1. The molecule has 4 rings (SSSR count). The Morgan fingerprint density at radius 1 is 1.04 bits per heavy atom. The summed E-state index contributed by atoms with van der Waals surface area (Å²) < 4.78 is 5.47. The largest absolute Gasteiger partial charge is 0.494 e. The van der Waals surface area contributed by atoms with Crippen molar-refractivity contribution in [2.45, 2.75) is 13.5 Å². The number of benzene rings is 3. The zero-order chi connectivity index (χ0) is 19.7. The molecule has 1 N–H and O–H groups in total. The molecule has 5 nitrogen and oxygen atoms in total. The molecular formula is C23H20N2O3. The van der Waals surface area contributed by atoms with E-state index in [-0.39, 0.29) is 11.8 Å². The van der Waals surface area contributed by atoms with Crippen LogP contribution in [0.3, 0.4) is 0 Å². The molecule has 0 spiro atoms. The van der Waals surface area contributed by atoms with E-state index < -0.39 is 0 Å². The highest BCUT2D eigenvalue weighted by atomic mass is 16.5. The molecule has 0 aromatic heterocycles. The minimum absolute atomic E-state index is 0.0331. The van der Waals surface area contributed by atoms with Gasteiger partial charge in [-0.25, -0.2) is 0 Å². The Hall–Kier alpha value is -3.60. The fourth-order valence-corrected chi connectivity index (χ4v) is 3.39. The van der Waals surface area contributed by atoms with Crippen molar-refractivity contribution in [3.05, 3.63) is 89.0 Å². The van der Waals surface area contributed by atoms with E-state index >= 15 is 0 Å². The molecule has 3 aromatic rings. The number of nitrogens with one attached hydrogen (secondary N) is 1. The normalized spacial score (nSPS) is 12.6. The Kier molecular flexibility index (Phi) is 4.57. The number of amides is 2. The van der Waals surface area contributed by atoms with Gasteiger partial charge >= 0.3 is 0 Å². The zero-order valence-electron chi connectivity index (χ0n) is 15.7. The van der Waals surface area contributed by atoms with Crippen LogP contribution in [0.2, 0.25) is 0 Å². The number of carbonyl (C=O) groups excluding carboxylic acids is 2. The molecule has 1 heterocycles. The van der Waals surface area contributed by atoms with Crippen LogP contribution >= 0.6 is 0 Å². The fraction of sp³-hybridized carbons (Fsp3) is 0.130. The van der Waals surface area contributed by atoms with Crippen LogP contribution in [0, 0.1) is 6.92 Å². The van der Waals surface area contributed by atoms with Crippen LogP contribution in [0.25, 0.3) is 0 Å². The fourth-order valence-electron chi connectivity index (χ4n) is 3.39. The van der Waals surface area contributed by atoms with E-state index in [1.54, 1.807) is 30.2 Å². The topological polar surface area (TPSA) is 58.6 Å². The van der Waals surface area contributed by atoms with Crippen molar-refractivity contribution < 1.29 is 14.3 Å². The lowest BCUT2D eigenvalue weighted by Crippen LogP contribution is -2.23. The van der Waals surface area contributed by atoms with E-state index in [0.717, 1.165) is 22.4 Å². The summed E-state index contributed by atoms with van der Waals surface area (Å²) in [4.78, 5) is 26.9. The Morgan fingerprint density at radius 2 is 1.86 bits per heavy atom. The highest BCUT2D eigenvalue weighted by molar-refractivity contribution is 6.10. The summed E-state index contributed by atoms with van der Waals surface area (Å²) in [6.07, 6.45) is 0. The van der Waals surface area contributed by atoms with E-state index in [1.807, 2.05) is 55.5 Å². The van der Waals surface area contributed by atoms with Gasteiger partial charge in [0.25, 0.3) is 11.8 Å². The van der Waals surface area contributed by atoms with E-state index in [2.05, 4.69) is 5.32 Å². The number of hydrogen-bond acceptors (Lipinski definition) is 3. The lowest BCUT2D eigenvalue weighted by atomic mass is 10.1. The SMILES string of the molecule is COc1cc(N2Cc3ccccc3C2=O)ccc1NC(=O)c1cccc(C)c1. The Morgan fingerprint density at radius 3 is 2.61 bits per heavy atom. The van der Waals surface area contributed by atoms with Gasteiger partial charge in [0, 0.05) is 22.9 Å². The summed E-state index contributed by atoms with van der Waals surface area (Å²) >= 11 is 0. The first-order chi connectivity index (χ1) is 13.6. The van der Waals surface area contributed by atoms with E-state index in [4.69, 9.17) is 4.74 Å². The van der Waals surface area contributed by atoms with Crippen molar-refractivity contribution >= 4 is 23.2 Å². The van der Waals surface area contributed by atoms with Crippen molar-refractivity contribution in [2.75, 3.05) is 17.3 Å². The van der Waals surface area contributed by atoms with Gasteiger partial charge in [-0.2, -0.15) is 0 Å². The average Bonchev–Trinajstić information content (AvgIpc) is 3.05. The van der Waals surface area contributed by atoms with Gasteiger partial charge in [-0.05, 0) is 42.8 Å². The molecule has 1 aliphatic heterocycles. The van der Waals surface area contributed by atoms with Crippen molar-refractivity contribution in [2.24, 2.45) is 0 Å². The first kappa shape index (κ1) is 17.8. The molecule has 0 bridgehead atoms. The predicted octanol–water partition coefficient (Wildman–Crippen LogP) is 4.42. The van der Waals surface area contributed by atoms with Gasteiger partial charge in [0.2, 0.25) is 0 Å². The van der Waals surface area contributed by atoms with Gasteiger partial charge in [-0.3, -0.25) is 9.59 Å². The molecule has 5 heteroatoms. The first-order valence-corrected chi connectivity index (χ1v) is 9.02. The lowest BCUT2D eigenvalue weighted by molar-refractivity contribution is 0.0994. The van der Waals surface area contributed by atoms with Gasteiger partial charge in [-0.15, -0.1) is 0 Å². The third-order valence-corrected chi connectivity index (χ3v) is 4.85. The van der Waals surface area contributed by atoms with Gasteiger partial charge in [0.05, 0.1) is 19.3 Å². The van der Waals surface area contributed by atoms with Crippen LogP contribution in [0.5, 0.6) is 5.75 Å². The number of carbonyl (C=O) groups is 2. The van der Waals surface area contributed by atoms with E-state index in [9.17, 15) is 9.59 Å². The van der Waals surface area contributed by atoms with Crippen LogP contribution in [0.4, 0.5) is 11.4 Å². The minimum atomic E-state index is -0.209. The summed E-state index contributed by atoms with van der Waals surface area (Å²) in [6, 6.07) is 20.3. The third kappa shape index (κ3) is 3.22. The molecule has 2 amide bonds. The van der Waals surface area contributed by atoms with Crippen LogP contribution in [-0.4, -0.2) is 18.9 Å². The molecule has 0 saturated heterocycles. The maximum atomic E-state index is 12.7. The van der Waals surface area contributed by atoms with Crippen LogP contribution in [0.15, 0.2) is 66.7 Å². The molecule has 0 saturated carbocycles. The van der Waals surface area contributed by atoms with Crippen molar-refractivity contribution in [3.63, 3.8) is 0 Å². The highest BCUT2D eigenvalue weighted by Gasteiger charge is 2.28. The number of fused-ring (bicyclic) bond motifs is 1. The number of anilines is 2. The molecule has 0 unspecified atom stereocenters. The molecule has 3 aromatic carbocycles. The number of nitrogens with zero attached hydrogens (tertiary/aromatic N) is 1. The van der Waals surface area contributed by atoms with Crippen LogP contribution in [0.1, 0.15) is 31.8 Å². The van der Waals surface area contributed by atoms with Crippen molar-refractivity contribution in [3.8, 4) is 5.75 Å². The monoisotopic (exact) mass is 372 g/mol. The standard InChI is InChI=1S/C23H20N2O3/c1-15-6-5-8-16(12-15)22(26)24-20-11-10-18(13-21(20)28-2)25-14-17-7-3-4-9-19(17)23(25)27/h3-13H,14H2,1-2H3,(H,24,26). The molecule has 0 aliphatic carbocycles. The summed E-state index contributed by atoms with van der Waals surface area (Å²) in [6.45, 7) is 2.46. The first-order valence-electron chi connectivity index (χ1n) is 9.02. The maximum absolute atomic E-state index is 12.7. The van der Waals surface area contributed by atoms with Crippen LogP contribution in [-0.2, 0) is 6.54 Å². The summed E-state index contributed by atoms with van der Waals surface area (Å²) in [5.74, 6) is 0.260. The average molecular weight is 372 g/mol. The molecular weight excluding hydrogens is 352 g/mol. The number of rotatable bonds is 4. The van der Waals surface area contributed by atoms with Gasteiger partial charge in [0.15, 0.2) is 0 Å². The molecule has 0 atom stereocenters. The van der Waals surface area contributed by atoms with Gasteiger partial charge in [0.1, 0.15) is 5.75 Å². The maximum Gasteiger partial charge on any atom is 0.258 e. The lowest BCUT2D eigenvalue weighted by Gasteiger charge is -2.18. The van der Waals surface area contributed by atoms with Crippen molar-refractivity contribution in [1.82, 2.24) is 0 Å². The zero-order valence-corrected chi connectivity index (χ0v) is 15.7. The summed E-state index contributed by atoms with van der Waals surface area (Å²) in [5, 5.41) is 2.88. The smallest absolute Gasteiger partial charge is 0.258 e. The second-order valence-corrected chi connectivity index (χ2v) is 6.76. The molecule has 28 heavy (non-hydrogen) atoms. The quantitative estimate of drug-likeness (QED) is 0.738. The summed E-state index contributed by atoms with van der Waals surface area (Å²) in [7, 11) is 1.54. The molecule has 0 fully saturated rings. The Labute approximate surface area is 163 Å². The predicted molar refractivity (Wildman–Crippen MR) is 109 cm³/mol. The van der Waals surface area contributed by atoms with E-state index in [1.165, 1.54) is 0 Å². The molecule has 0 radical (unpaired) electrons. The van der Waals surface area contributed by atoms with Crippen molar-refractivity contribution in [1.29, 1.82) is 0 Å². The minimum Gasteiger partial charge on any atom is -0.494 e.